The lowest BCUT2D eigenvalue weighted by Gasteiger charge is -2.10. The third-order valence-electron chi connectivity index (χ3n) is 4.42. The number of methoxy groups -OCH3 is 1. The molecule has 0 atom stereocenters. The highest BCUT2D eigenvalue weighted by Gasteiger charge is 2.08. The van der Waals surface area contributed by atoms with Crippen molar-refractivity contribution in [2.45, 2.75) is 6.54 Å². The van der Waals surface area contributed by atoms with Gasteiger partial charge in [-0.25, -0.2) is 4.68 Å². The highest BCUT2D eigenvalue weighted by Crippen LogP contribution is 2.26. The minimum atomic E-state index is -0.121. The summed E-state index contributed by atoms with van der Waals surface area (Å²) in [7, 11) is 1.63. The van der Waals surface area contributed by atoms with Gasteiger partial charge < -0.3 is 4.74 Å². The molecule has 4 aromatic rings. The van der Waals surface area contributed by atoms with Crippen LogP contribution in [0.1, 0.15) is 5.56 Å². The summed E-state index contributed by atoms with van der Waals surface area (Å²) in [4.78, 5) is 12.3. The number of hydrogen-bond acceptors (Lipinski definition) is 3. The summed E-state index contributed by atoms with van der Waals surface area (Å²) in [6.45, 7) is 0.418. The molecule has 0 saturated heterocycles. The summed E-state index contributed by atoms with van der Waals surface area (Å²) in [6.07, 6.45) is 0. The van der Waals surface area contributed by atoms with Crippen molar-refractivity contribution in [2.24, 2.45) is 0 Å². The van der Waals surface area contributed by atoms with Crippen LogP contribution in [-0.4, -0.2) is 16.9 Å². The van der Waals surface area contributed by atoms with Crippen LogP contribution in [0.4, 0.5) is 0 Å². The summed E-state index contributed by atoms with van der Waals surface area (Å²) in [6, 6.07) is 25.3. The molecule has 0 aliphatic heterocycles. The second-order valence-corrected chi connectivity index (χ2v) is 6.09. The average Bonchev–Trinajstić information content (AvgIpc) is 2.70. The average molecular weight is 342 g/mol. The molecular formula is C22H18N2O2. The Kier molecular flexibility index (Phi) is 4.23. The van der Waals surface area contributed by atoms with Gasteiger partial charge in [0.05, 0.1) is 19.3 Å². The van der Waals surface area contributed by atoms with E-state index >= 15 is 0 Å². The molecule has 0 N–H and O–H groups in total. The van der Waals surface area contributed by atoms with Gasteiger partial charge in [0.25, 0.3) is 5.56 Å². The maximum atomic E-state index is 12.3. The van der Waals surface area contributed by atoms with Crippen molar-refractivity contribution in [3.8, 4) is 17.0 Å². The molecule has 1 aromatic heterocycles. The van der Waals surface area contributed by atoms with Crippen molar-refractivity contribution in [1.82, 2.24) is 9.78 Å². The van der Waals surface area contributed by atoms with E-state index in [4.69, 9.17) is 4.74 Å². The number of hydrogen-bond donors (Lipinski definition) is 0. The van der Waals surface area contributed by atoms with Gasteiger partial charge in [0.1, 0.15) is 5.75 Å². The van der Waals surface area contributed by atoms with Crippen LogP contribution in [0.3, 0.4) is 0 Å². The van der Waals surface area contributed by atoms with Crippen LogP contribution in [0.25, 0.3) is 22.0 Å². The normalized spacial score (nSPS) is 10.8. The van der Waals surface area contributed by atoms with Gasteiger partial charge in [0.2, 0.25) is 0 Å². The summed E-state index contributed by atoms with van der Waals surface area (Å²) in [5.74, 6) is 0.790. The first-order chi connectivity index (χ1) is 12.7. The Morgan fingerprint density at radius 3 is 2.46 bits per heavy atom. The molecule has 0 radical (unpaired) electrons. The third kappa shape index (κ3) is 3.09. The van der Waals surface area contributed by atoms with Crippen LogP contribution in [-0.2, 0) is 6.54 Å². The number of nitrogens with zero attached hydrogens (tertiary/aromatic N) is 2. The highest BCUT2D eigenvalue weighted by atomic mass is 16.5. The minimum absolute atomic E-state index is 0.121. The molecular weight excluding hydrogens is 324 g/mol. The van der Waals surface area contributed by atoms with Crippen LogP contribution in [0.15, 0.2) is 83.7 Å². The predicted molar refractivity (Wildman–Crippen MR) is 104 cm³/mol. The molecule has 4 nitrogen and oxygen atoms in total. The summed E-state index contributed by atoms with van der Waals surface area (Å²) in [5, 5.41) is 6.88. The molecule has 0 saturated carbocycles. The fraction of sp³-hybridized carbons (Fsp3) is 0.0909. The maximum absolute atomic E-state index is 12.3. The van der Waals surface area contributed by atoms with E-state index in [1.54, 1.807) is 19.2 Å². The molecule has 4 rings (SSSR count). The number of ether oxygens (including phenoxy) is 1. The zero-order valence-corrected chi connectivity index (χ0v) is 14.4. The third-order valence-corrected chi connectivity index (χ3v) is 4.42. The summed E-state index contributed by atoms with van der Waals surface area (Å²) < 4.78 is 6.68. The molecule has 26 heavy (non-hydrogen) atoms. The van der Waals surface area contributed by atoms with E-state index < -0.39 is 0 Å². The molecule has 0 aliphatic rings. The number of benzene rings is 3. The minimum Gasteiger partial charge on any atom is -0.497 e. The fourth-order valence-electron chi connectivity index (χ4n) is 3.06. The molecule has 4 heteroatoms. The number of fused-ring (bicyclic) bond motifs is 1. The van der Waals surface area contributed by atoms with Gasteiger partial charge in [-0.2, -0.15) is 5.10 Å². The first-order valence-electron chi connectivity index (χ1n) is 8.44. The topological polar surface area (TPSA) is 44.1 Å². The van der Waals surface area contributed by atoms with Crippen molar-refractivity contribution in [3.63, 3.8) is 0 Å². The second kappa shape index (κ2) is 6.84. The van der Waals surface area contributed by atoms with Gasteiger partial charge in [-0.3, -0.25) is 4.79 Å². The van der Waals surface area contributed by atoms with Gasteiger partial charge in [0, 0.05) is 11.6 Å². The Bertz CT molecular complexity index is 1110. The Labute approximate surface area is 151 Å². The smallest absolute Gasteiger partial charge is 0.267 e. The molecule has 0 amide bonds. The first-order valence-corrected chi connectivity index (χ1v) is 8.44. The molecule has 3 aromatic carbocycles. The van der Waals surface area contributed by atoms with E-state index in [1.807, 2.05) is 48.5 Å². The zero-order valence-electron chi connectivity index (χ0n) is 14.4. The first kappa shape index (κ1) is 16.1. The van der Waals surface area contributed by atoms with Gasteiger partial charge in [-0.15, -0.1) is 0 Å². The van der Waals surface area contributed by atoms with Crippen molar-refractivity contribution in [3.05, 3.63) is 94.8 Å². The van der Waals surface area contributed by atoms with E-state index in [-0.39, 0.29) is 5.56 Å². The van der Waals surface area contributed by atoms with Crippen LogP contribution in [0.5, 0.6) is 5.75 Å². The van der Waals surface area contributed by atoms with Gasteiger partial charge in [0.15, 0.2) is 0 Å². The van der Waals surface area contributed by atoms with Crippen molar-refractivity contribution in [2.75, 3.05) is 7.11 Å². The Morgan fingerprint density at radius 2 is 1.65 bits per heavy atom. The van der Waals surface area contributed by atoms with Gasteiger partial charge in [-0.05, 0) is 34.5 Å². The zero-order chi connectivity index (χ0) is 17.9. The maximum Gasteiger partial charge on any atom is 0.267 e. The Balaban J connectivity index is 1.75. The van der Waals surface area contributed by atoms with Gasteiger partial charge in [-0.1, -0.05) is 54.6 Å². The quantitative estimate of drug-likeness (QED) is 0.560. The Morgan fingerprint density at radius 1 is 0.885 bits per heavy atom. The lowest BCUT2D eigenvalue weighted by Crippen LogP contribution is -2.22. The lowest BCUT2D eigenvalue weighted by atomic mass is 10.0. The fourth-order valence-corrected chi connectivity index (χ4v) is 3.06. The van der Waals surface area contributed by atoms with Crippen molar-refractivity contribution >= 4 is 10.8 Å². The Hall–Kier alpha value is -3.40. The molecule has 1 heterocycles. The predicted octanol–water partition coefficient (Wildman–Crippen LogP) is 4.12. The molecule has 0 spiro atoms. The lowest BCUT2D eigenvalue weighted by molar-refractivity contribution is 0.414. The summed E-state index contributed by atoms with van der Waals surface area (Å²) >= 11 is 0. The van der Waals surface area contributed by atoms with Crippen LogP contribution in [0.2, 0.25) is 0 Å². The standard InChI is InChI=1S/C22H18N2O2/c1-26-18-11-9-16(10-12-18)15-24-22(25)14-13-21(23-24)20-8-4-6-17-5-2-3-7-19(17)20/h2-14H,15H2,1H3. The van der Waals surface area contributed by atoms with E-state index in [0.29, 0.717) is 6.54 Å². The molecule has 0 bridgehead atoms. The van der Waals surface area contributed by atoms with Crippen LogP contribution >= 0.6 is 0 Å². The second-order valence-electron chi connectivity index (χ2n) is 6.09. The van der Waals surface area contributed by atoms with E-state index in [9.17, 15) is 4.79 Å². The SMILES string of the molecule is COc1ccc(Cn2nc(-c3cccc4ccccc34)ccc2=O)cc1. The van der Waals surface area contributed by atoms with E-state index in [2.05, 4.69) is 23.3 Å². The largest absolute Gasteiger partial charge is 0.497 e. The number of aromatic nitrogens is 2. The summed E-state index contributed by atoms with van der Waals surface area (Å²) in [5.41, 5.74) is 2.68. The van der Waals surface area contributed by atoms with Crippen LogP contribution < -0.4 is 10.3 Å². The molecule has 0 fully saturated rings. The monoisotopic (exact) mass is 342 g/mol. The van der Waals surface area contributed by atoms with Gasteiger partial charge >= 0.3 is 0 Å². The van der Waals surface area contributed by atoms with Crippen molar-refractivity contribution < 1.29 is 4.74 Å². The number of rotatable bonds is 4. The van der Waals surface area contributed by atoms with E-state index in [1.165, 1.54) is 4.68 Å². The van der Waals surface area contributed by atoms with Crippen LogP contribution in [0, 0.1) is 0 Å². The molecule has 0 unspecified atom stereocenters. The highest BCUT2D eigenvalue weighted by molar-refractivity contribution is 5.95. The van der Waals surface area contributed by atoms with Crippen molar-refractivity contribution in [1.29, 1.82) is 0 Å². The van der Waals surface area contributed by atoms with E-state index in [0.717, 1.165) is 33.3 Å². The molecule has 128 valence electrons. The molecule has 0 aliphatic carbocycles.